The van der Waals surface area contributed by atoms with E-state index < -0.39 is 0 Å². The van der Waals surface area contributed by atoms with Gasteiger partial charge >= 0.3 is 0 Å². The van der Waals surface area contributed by atoms with Crippen LogP contribution in [0.1, 0.15) is 29.3 Å². The van der Waals surface area contributed by atoms with E-state index in [-0.39, 0.29) is 0 Å². The first-order valence-electron chi connectivity index (χ1n) is 6.47. The quantitative estimate of drug-likeness (QED) is 0.926. The van der Waals surface area contributed by atoms with Crippen molar-refractivity contribution in [2.24, 2.45) is 0 Å². The molecule has 19 heavy (non-hydrogen) atoms. The van der Waals surface area contributed by atoms with Crippen LogP contribution in [0.15, 0.2) is 30.3 Å². The predicted molar refractivity (Wildman–Crippen MR) is 77.7 cm³/mol. The molecular weight excluding hydrogens is 258 g/mol. The molecule has 4 heteroatoms. The lowest BCUT2D eigenvalue weighted by Gasteiger charge is -2.09. The first-order chi connectivity index (χ1) is 9.15. The van der Waals surface area contributed by atoms with Crippen LogP contribution < -0.4 is 5.32 Å². The van der Waals surface area contributed by atoms with Gasteiger partial charge in [0.1, 0.15) is 0 Å². The van der Waals surface area contributed by atoms with Gasteiger partial charge < -0.3 is 5.32 Å². The Morgan fingerprint density at radius 1 is 1.11 bits per heavy atom. The topological polar surface area (TPSA) is 37.8 Å². The summed E-state index contributed by atoms with van der Waals surface area (Å²) in [6, 6.07) is 10.9. The highest BCUT2D eigenvalue weighted by Crippen LogP contribution is 2.43. The first-order valence-corrected chi connectivity index (χ1v) is 6.85. The third kappa shape index (κ3) is 2.56. The van der Waals surface area contributed by atoms with Gasteiger partial charge in [-0.25, -0.2) is 9.97 Å². The van der Waals surface area contributed by atoms with Crippen LogP contribution in [0.25, 0.3) is 0 Å². The van der Waals surface area contributed by atoms with Gasteiger partial charge in [-0.1, -0.05) is 41.9 Å². The van der Waals surface area contributed by atoms with Crippen LogP contribution in [-0.4, -0.2) is 16.0 Å². The van der Waals surface area contributed by atoms with Gasteiger partial charge in [0.05, 0.1) is 11.4 Å². The molecular formula is C15H16ClN3. The van der Waals surface area contributed by atoms with E-state index in [1.165, 1.54) is 5.56 Å². The zero-order valence-electron chi connectivity index (χ0n) is 11.0. The van der Waals surface area contributed by atoms with Crippen molar-refractivity contribution in [3.05, 3.63) is 52.4 Å². The maximum atomic E-state index is 6.13. The third-order valence-electron chi connectivity index (χ3n) is 3.60. The zero-order chi connectivity index (χ0) is 13.4. The average Bonchev–Trinajstić information content (AvgIpc) is 3.16. The summed E-state index contributed by atoms with van der Waals surface area (Å²) >= 11 is 6.13. The minimum absolute atomic E-state index is 0.413. The fourth-order valence-corrected chi connectivity index (χ4v) is 2.49. The van der Waals surface area contributed by atoms with Crippen molar-refractivity contribution in [3.63, 3.8) is 0 Å². The van der Waals surface area contributed by atoms with Gasteiger partial charge in [-0.05, 0) is 25.8 Å². The molecule has 1 aromatic heterocycles. The highest BCUT2D eigenvalue weighted by atomic mass is 35.5. The number of nitrogens with one attached hydrogen (secondary N) is 1. The van der Waals surface area contributed by atoms with E-state index in [1.54, 1.807) is 0 Å². The van der Waals surface area contributed by atoms with Crippen LogP contribution in [0, 0.1) is 13.8 Å². The molecule has 2 aromatic rings. The fraction of sp³-hybridized carbons (Fsp3) is 0.333. The summed E-state index contributed by atoms with van der Waals surface area (Å²) in [7, 11) is 0. The van der Waals surface area contributed by atoms with Crippen LogP contribution in [0.4, 0.5) is 5.82 Å². The molecule has 3 nitrogen and oxygen atoms in total. The van der Waals surface area contributed by atoms with Gasteiger partial charge in [0.15, 0.2) is 11.0 Å². The van der Waals surface area contributed by atoms with Gasteiger partial charge in [-0.2, -0.15) is 0 Å². The number of hydrogen-bond acceptors (Lipinski definition) is 3. The highest BCUT2D eigenvalue weighted by molar-refractivity contribution is 6.31. The molecule has 0 bridgehead atoms. The normalized spacial score (nSPS) is 21.2. The molecule has 1 aliphatic rings. The third-order valence-corrected chi connectivity index (χ3v) is 3.87. The standard InChI is InChI=1S/C15H16ClN3/c1-9-10(2)18-15(14(16)17-9)19-13-8-12(13)11-6-4-3-5-7-11/h3-7,12-13H,8H2,1-2H3,(H,18,19). The van der Waals surface area contributed by atoms with Crippen LogP contribution in [0.3, 0.4) is 0 Å². The van der Waals surface area contributed by atoms with Crippen molar-refractivity contribution in [3.8, 4) is 0 Å². The summed E-state index contributed by atoms with van der Waals surface area (Å²) in [6.45, 7) is 3.87. The Kier molecular flexibility index (Phi) is 3.15. The summed E-state index contributed by atoms with van der Waals surface area (Å²) in [6.07, 6.45) is 1.12. The molecule has 1 fully saturated rings. The molecule has 1 aliphatic carbocycles. The van der Waals surface area contributed by atoms with Gasteiger partial charge in [0, 0.05) is 12.0 Å². The molecule has 2 atom stereocenters. The van der Waals surface area contributed by atoms with E-state index in [2.05, 4.69) is 39.6 Å². The Morgan fingerprint density at radius 2 is 1.79 bits per heavy atom. The van der Waals surface area contributed by atoms with Gasteiger partial charge in [-0.3, -0.25) is 0 Å². The molecule has 3 rings (SSSR count). The molecule has 1 saturated carbocycles. The second-order valence-electron chi connectivity index (χ2n) is 5.04. The molecule has 98 valence electrons. The maximum absolute atomic E-state index is 6.13. The summed E-state index contributed by atoms with van der Waals surface area (Å²) < 4.78 is 0. The number of halogens is 1. The van der Waals surface area contributed by atoms with E-state index >= 15 is 0 Å². The second kappa shape index (κ2) is 4.82. The molecule has 1 aromatic carbocycles. The smallest absolute Gasteiger partial charge is 0.171 e. The lowest BCUT2D eigenvalue weighted by molar-refractivity contribution is 0.990. The monoisotopic (exact) mass is 273 g/mol. The Balaban J connectivity index is 1.73. The fourth-order valence-electron chi connectivity index (χ4n) is 2.27. The molecule has 0 saturated heterocycles. The van der Waals surface area contributed by atoms with E-state index in [9.17, 15) is 0 Å². The number of rotatable bonds is 3. The van der Waals surface area contributed by atoms with Gasteiger partial charge in [-0.15, -0.1) is 0 Å². The molecule has 1 N–H and O–H groups in total. The Bertz CT molecular complexity index is 598. The number of benzene rings is 1. The molecule has 0 amide bonds. The first kappa shape index (κ1) is 12.4. The van der Waals surface area contributed by atoms with E-state index in [1.807, 2.05) is 19.9 Å². The van der Waals surface area contributed by atoms with Crippen molar-refractivity contribution in [2.45, 2.75) is 32.2 Å². The Hall–Kier alpha value is -1.61. The largest absolute Gasteiger partial charge is 0.364 e. The minimum atomic E-state index is 0.413. The number of hydrogen-bond donors (Lipinski definition) is 1. The van der Waals surface area contributed by atoms with Crippen molar-refractivity contribution >= 4 is 17.4 Å². The van der Waals surface area contributed by atoms with Crippen LogP contribution in [-0.2, 0) is 0 Å². The molecule has 0 aliphatic heterocycles. The average molecular weight is 274 g/mol. The lowest BCUT2D eigenvalue weighted by atomic mass is 10.1. The number of anilines is 1. The van der Waals surface area contributed by atoms with Crippen LogP contribution >= 0.6 is 11.6 Å². The highest BCUT2D eigenvalue weighted by Gasteiger charge is 2.38. The van der Waals surface area contributed by atoms with Crippen molar-refractivity contribution in [1.29, 1.82) is 0 Å². The predicted octanol–water partition coefficient (Wildman–Crippen LogP) is 3.71. The van der Waals surface area contributed by atoms with Crippen molar-refractivity contribution in [1.82, 2.24) is 9.97 Å². The van der Waals surface area contributed by atoms with E-state index in [0.717, 1.165) is 17.8 Å². The second-order valence-corrected chi connectivity index (χ2v) is 5.40. The summed E-state index contributed by atoms with van der Waals surface area (Å²) in [5.41, 5.74) is 3.17. The van der Waals surface area contributed by atoms with E-state index in [4.69, 9.17) is 11.6 Å². The summed E-state index contributed by atoms with van der Waals surface area (Å²) in [5, 5.41) is 3.86. The van der Waals surface area contributed by atoms with Crippen LogP contribution in [0.5, 0.6) is 0 Å². The van der Waals surface area contributed by atoms with E-state index in [0.29, 0.717) is 22.9 Å². The molecule has 0 spiro atoms. The molecule has 1 heterocycles. The van der Waals surface area contributed by atoms with Gasteiger partial charge in [0.25, 0.3) is 0 Å². The summed E-state index contributed by atoms with van der Waals surface area (Å²) in [5.74, 6) is 1.26. The molecule has 2 unspecified atom stereocenters. The number of aromatic nitrogens is 2. The Morgan fingerprint density at radius 3 is 2.53 bits per heavy atom. The lowest BCUT2D eigenvalue weighted by Crippen LogP contribution is -2.08. The minimum Gasteiger partial charge on any atom is -0.364 e. The SMILES string of the molecule is Cc1nc(Cl)c(NC2CC2c2ccccc2)nc1C. The Labute approximate surface area is 118 Å². The van der Waals surface area contributed by atoms with Gasteiger partial charge in [0.2, 0.25) is 0 Å². The van der Waals surface area contributed by atoms with Crippen molar-refractivity contribution < 1.29 is 0 Å². The van der Waals surface area contributed by atoms with Crippen LogP contribution in [0.2, 0.25) is 5.15 Å². The molecule has 0 radical (unpaired) electrons. The summed E-state index contributed by atoms with van der Waals surface area (Å²) in [4.78, 5) is 8.77. The number of aryl methyl sites for hydroxylation is 2. The number of nitrogens with zero attached hydrogens (tertiary/aromatic N) is 2. The maximum Gasteiger partial charge on any atom is 0.171 e. The zero-order valence-corrected chi connectivity index (χ0v) is 11.8. The van der Waals surface area contributed by atoms with Crippen molar-refractivity contribution in [2.75, 3.05) is 5.32 Å².